The Hall–Kier alpha value is -1.28. The third-order valence-corrected chi connectivity index (χ3v) is 2.77. The van der Waals surface area contributed by atoms with E-state index in [1.807, 2.05) is 0 Å². The smallest absolute Gasteiger partial charge is 0.0642 e. The predicted octanol–water partition coefficient (Wildman–Crippen LogP) is 2.47. The maximum Gasteiger partial charge on any atom is 0.0642 e. The number of nitrogens with zero attached hydrogens (tertiary/aromatic N) is 1. The molecule has 0 saturated carbocycles. The van der Waals surface area contributed by atoms with E-state index >= 15 is 0 Å². The summed E-state index contributed by atoms with van der Waals surface area (Å²) in [4.78, 5) is 2.35. The molecule has 0 aromatic heterocycles. The summed E-state index contributed by atoms with van der Waals surface area (Å²) in [5.74, 6) is 0. The van der Waals surface area contributed by atoms with Crippen LogP contribution in [0.5, 0.6) is 0 Å². The molecule has 0 atom stereocenters. The standard InChI is InChI=1S/C14H19NO/c1-13(11-14-5-3-2-4-6-14)12-15-7-9-16-10-8-15/h2-6,12H,7-11H2,1H3/b13-12+. The van der Waals surface area contributed by atoms with E-state index in [-0.39, 0.29) is 0 Å². The van der Waals surface area contributed by atoms with Crippen LogP contribution in [0.3, 0.4) is 0 Å². The molecule has 0 spiro atoms. The molecule has 1 aromatic rings. The molecule has 16 heavy (non-hydrogen) atoms. The normalized spacial score (nSPS) is 17.6. The van der Waals surface area contributed by atoms with Gasteiger partial charge in [-0.2, -0.15) is 0 Å². The molecule has 1 aliphatic rings. The maximum absolute atomic E-state index is 5.33. The molecule has 1 saturated heterocycles. The Morgan fingerprint density at radius 2 is 1.94 bits per heavy atom. The number of hydrogen-bond donors (Lipinski definition) is 0. The lowest BCUT2D eigenvalue weighted by atomic mass is 10.1. The molecule has 0 amide bonds. The summed E-state index contributed by atoms with van der Waals surface area (Å²) < 4.78 is 5.33. The van der Waals surface area contributed by atoms with E-state index in [1.54, 1.807) is 0 Å². The first kappa shape index (κ1) is 11.2. The van der Waals surface area contributed by atoms with Gasteiger partial charge in [0.05, 0.1) is 13.2 Å². The van der Waals surface area contributed by atoms with Crippen molar-refractivity contribution in [3.63, 3.8) is 0 Å². The van der Waals surface area contributed by atoms with Crippen LogP contribution in [0.2, 0.25) is 0 Å². The summed E-state index contributed by atoms with van der Waals surface area (Å²) >= 11 is 0. The third-order valence-electron chi connectivity index (χ3n) is 2.77. The van der Waals surface area contributed by atoms with Gasteiger partial charge >= 0.3 is 0 Å². The van der Waals surface area contributed by atoms with Crippen molar-refractivity contribution in [3.05, 3.63) is 47.7 Å². The quantitative estimate of drug-likeness (QED) is 0.771. The average Bonchev–Trinajstić information content (AvgIpc) is 2.31. The molecule has 2 nitrogen and oxygen atoms in total. The van der Waals surface area contributed by atoms with Gasteiger partial charge in [0.2, 0.25) is 0 Å². The van der Waals surface area contributed by atoms with Gasteiger partial charge in [-0.1, -0.05) is 35.9 Å². The first-order valence-corrected chi connectivity index (χ1v) is 5.87. The summed E-state index contributed by atoms with van der Waals surface area (Å²) in [6, 6.07) is 10.6. The summed E-state index contributed by atoms with van der Waals surface area (Å²) in [7, 11) is 0. The van der Waals surface area contributed by atoms with Crippen LogP contribution in [-0.4, -0.2) is 31.2 Å². The van der Waals surface area contributed by atoms with Crippen molar-refractivity contribution in [3.8, 4) is 0 Å². The van der Waals surface area contributed by atoms with E-state index in [4.69, 9.17) is 4.74 Å². The minimum atomic E-state index is 0.856. The van der Waals surface area contributed by atoms with E-state index in [0.717, 1.165) is 32.7 Å². The molecular formula is C14H19NO. The summed E-state index contributed by atoms with van der Waals surface area (Å²) in [5.41, 5.74) is 2.79. The van der Waals surface area contributed by atoms with Gasteiger partial charge in [-0.15, -0.1) is 0 Å². The average molecular weight is 217 g/mol. The van der Waals surface area contributed by atoms with Gasteiger partial charge in [0.15, 0.2) is 0 Å². The molecule has 0 unspecified atom stereocenters. The lowest BCUT2D eigenvalue weighted by Gasteiger charge is -2.26. The fourth-order valence-electron chi connectivity index (χ4n) is 1.98. The molecule has 0 bridgehead atoms. The van der Waals surface area contributed by atoms with Crippen molar-refractivity contribution in [2.75, 3.05) is 26.3 Å². The predicted molar refractivity (Wildman–Crippen MR) is 66.3 cm³/mol. The number of rotatable bonds is 3. The van der Waals surface area contributed by atoms with Crippen molar-refractivity contribution in [2.24, 2.45) is 0 Å². The van der Waals surface area contributed by atoms with Crippen LogP contribution < -0.4 is 0 Å². The summed E-state index contributed by atoms with van der Waals surface area (Å²) in [5, 5.41) is 0. The topological polar surface area (TPSA) is 12.5 Å². The van der Waals surface area contributed by atoms with E-state index in [9.17, 15) is 0 Å². The van der Waals surface area contributed by atoms with Crippen LogP contribution in [0.1, 0.15) is 12.5 Å². The molecule has 1 heterocycles. The zero-order chi connectivity index (χ0) is 11.2. The van der Waals surface area contributed by atoms with E-state index < -0.39 is 0 Å². The minimum Gasteiger partial charge on any atom is -0.378 e. The highest BCUT2D eigenvalue weighted by Crippen LogP contribution is 2.09. The number of ether oxygens (including phenoxy) is 1. The summed E-state index contributed by atoms with van der Waals surface area (Å²) in [6.45, 7) is 5.95. The van der Waals surface area contributed by atoms with Crippen molar-refractivity contribution in [2.45, 2.75) is 13.3 Å². The fraction of sp³-hybridized carbons (Fsp3) is 0.429. The van der Waals surface area contributed by atoms with Gasteiger partial charge in [-0.05, 0) is 25.1 Å². The monoisotopic (exact) mass is 217 g/mol. The second-order valence-electron chi connectivity index (χ2n) is 4.29. The van der Waals surface area contributed by atoms with E-state index in [1.165, 1.54) is 11.1 Å². The molecule has 0 radical (unpaired) electrons. The van der Waals surface area contributed by atoms with Gasteiger partial charge in [-0.3, -0.25) is 0 Å². The first-order valence-electron chi connectivity index (χ1n) is 5.87. The largest absolute Gasteiger partial charge is 0.378 e. The molecule has 2 heteroatoms. The molecular weight excluding hydrogens is 198 g/mol. The number of morpholine rings is 1. The van der Waals surface area contributed by atoms with Crippen molar-refractivity contribution >= 4 is 0 Å². The Morgan fingerprint density at radius 1 is 1.25 bits per heavy atom. The van der Waals surface area contributed by atoms with Crippen molar-refractivity contribution in [1.29, 1.82) is 0 Å². The second-order valence-corrected chi connectivity index (χ2v) is 4.29. The highest BCUT2D eigenvalue weighted by Gasteiger charge is 2.06. The van der Waals surface area contributed by atoms with Gasteiger partial charge in [0.1, 0.15) is 0 Å². The van der Waals surface area contributed by atoms with Crippen LogP contribution in [0.25, 0.3) is 0 Å². The minimum absolute atomic E-state index is 0.856. The molecule has 0 N–H and O–H groups in total. The molecule has 1 fully saturated rings. The van der Waals surface area contributed by atoms with Crippen LogP contribution in [0.15, 0.2) is 42.1 Å². The highest BCUT2D eigenvalue weighted by atomic mass is 16.5. The zero-order valence-corrected chi connectivity index (χ0v) is 9.86. The molecule has 1 aromatic carbocycles. The van der Waals surface area contributed by atoms with E-state index in [2.05, 4.69) is 48.4 Å². The Bertz CT molecular complexity index is 339. The second kappa shape index (κ2) is 5.71. The number of benzene rings is 1. The molecule has 0 aliphatic carbocycles. The SMILES string of the molecule is C/C(=C\N1CCOCC1)Cc1ccccc1. The Balaban J connectivity index is 1.91. The van der Waals surface area contributed by atoms with Crippen LogP contribution in [0, 0.1) is 0 Å². The first-order chi connectivity index (χ1) is 7.84. The van der Waals surface area contributed by atoms with Gasteiger partial charge < -0.3 is 9.64 Å². The van der Waals surface area contributed by atoms with E-state index in [0.29, 0.717) is 0 Å². The van der Waals surface area contributed by atoms with Gasteiger partial charge in [0, 0.05) is 13.1 Å². The van der Waals surface area contributed by atoms with Crippen LogP contribution in [0.4, 0.5) is 0 Å². The van der Waals surface area contributed by atoms with Gasteiger partial charge in [0.25, 0.3) is 0 Å². The van der Waals surface area contributed by atoms with Crippen LogP contribution >= 0.6 is 0 Å². The fourth-order valence-corrected chi connectivity index (χ4v) is 1.98. The number of allylic oxidation sites excluding steroid dienone is 1. The Labute approximate surface area is 97.5 Å². The van der Waals surface area contributed by atoms with Crippen LogP contribution in [-0.2, 0) is 11.2 Å². The van der Waals surface area contributed by atoms with Crippen molar-refractivity contribution < 1.29 is 4.74 Å². The molecule has 1 aliphatic heterocycles. The van der Waals surface area contributed by atoms with Gasteiger partial charge in [-0.25, -0.2) is 0 Å². The highest BCUT2D eigenvalue weighted by molar-refractivity contribution is 5.20. The number of hydrogen-bond acceptors (Lipinski definition) is 2. The van der Waals surface area contributed by atoms with Crippen molar-refractivity contribution in [1.82, 2.24) is 4.90 Å². The lowest BCUT2D eigenvalue weighted by molar-refractivity contribution is 0.0590. The Morgan fingerprint density at radius 3 is 2.62 bits per heavy atom. The maximum atomic E-state index is 5.33. The third kappa shape index (κ3) is 3.38. The summed E-state index contributed by atoms with van der Waals surface area (Å²) in [6.07, 6.45) is 3.31. The zero-order valence-electron chi connectivity index (χ0n) is 9.86. The lowest BCUT2D eigenvalue weighted by Crippen LogP contribution is -2.32. The molecule has 2 rings (SSSR count). The molecule has 86 valence electrons. The Kier molecular flexibility index (Phi) is 4.00.